The van der Waals surface area contributed by atoms with Crippen molar-refractivity contribution in [3.63, 3.8) is 0 Å². The van der Waals surface area contributed by atoms with Crippen LogP contribution in [0.4, 0.5) is 17.1 Å². The van der Waals surface area contributed by atoms with Crippen molar-refractivity contribution in [2.45, 2.75) is 0 Å². The number of rotatable bonds is 3. The third kappa shape index (κ3) is 3.22. The number of fused-ring (bicyclic) bond motifs is 6. The molecule has 0 aliphatic carbocycles. The van der Waals surface area contributed by atoms with Crippen molar-refractivity contribution in [3.8, 4) is 0 Å². The zero-order valence-electron chi connectivity index (χ0n) is 19.5. The second-order valence-corrected chi connectivity index (χ2v) is 9.88. The highest BCUT2D eigenvalue weighted by Gasteiger charge is 2.23. The van der Waals surface area contributed by atoms with Gasteiger partial charge in [-0.15, -0.1) is 0 Å². The Morgan fingerprint density at radius 1 is 0.389 bits per heavy atom. The highest BCUT2D eigenvalue weighted by Crippen LogP contribution is 2.50. The van der Waals surface area contributed by atoms with E-state index in [-0.39, 0.29) is 0 Å². The van der Waals surface area contributed by atoms with Gasteiger partial charge in [-0.05, 0) is 67.1 Å². The van der Waals surface area contributed by atoms with Crippen molar-refractivity contribution >= 4 is 76.1 Å². The standard InChI is InChI=1S/C34H22BrN/c35-33-29-21-19-24-12-8-10-18-28(24)32(29)34(30-22-20-23-11-7-9-17-27(23)31(30)33)36(25-13-3-1-4-14-25)26-15-5-2-6-16-26/h1-22H. The quantitative estimate of drug-likeness (QED) is 0.164. The summed E-state index contributed by atoms with van der Waals surface area (Å²) in [6, 6.07) is 47.8. The molecular weight excluding hydrogens is 502 g/mol. The number of nitrogens with zero attached hydrogens (tertiary/aromatic N) is 1. The topological polar surface area (TPSA) is 3.24 Å². The van der Waals surface area contributed by atoms with E-state index in [2.05, 4.69) is 154 Å². The molecule has 0 aromatic heterocycles. The van der Waals surface area contributed by atoms with Gasteiger partial charge in [0.15, 0.2) is 0 Å². The number of hydrogen-bond donors (Lipinski definition) is 0. The van der Waals surface area contributed by atoms with Crippen LogP contribution in [-0.4, -0.2) is 0 Å². The molecule has 0 saturated carbocycles. The van der Waals surface area contributed by atoms with E-state index >= 15 is 0 Å². The average Bonchev–Trinajstić information content (AvgIpc) is 2.95. The maximum absolute atomic E-state index is 4.07. The molecule has 0 unspecified atom stereocenters. The summed E-state index contributed by atoms with van der Waals surface area (Å²) < 4.78 is 1.14. The molecule has 0 aliphatic heterocycles. The molecule has 2 heteroatoms. The Kier molecular flexibility index (Phi) is 5.00. The van der Waals surface area contributed by atoms with E-state index in [1.54, 1.807) is 0 Å². The zero-order valence-corrected chi connectivity index (χ0v) is 21.1. The monoisotopic (exact) mass is 523 g/mol. The molecule has 0 bridgehead atoms. The van der Waals surface area contributed by atoms with Gasteiger partial charge in [-0.2, -0.15) is 0 Å². The van der Waals surface area contributed by atoms with E-state index in [0.717, 1.165) is 15.8 Å². The molecule has 0 fully saturated rings. The molecule has 0 atom stereocenters. The first-order valence-electron chi connectivity index (χ1n) is 12.2. The number of anilines is 3. The Hall–Kier alpha value is -4.14. The lowest BCUT2D eigenvalue weighted by atomic mass is 9.92. The molecule has 7 aromatic rings. The minimum atomic E-state index is 1.13. The lowest BCUT2D eigenvalue weighted by Crippen LogP contribution is -2.11. The maximum Gasteiger partial charge on any atom is 0.0625 e. The summed E-state index contributed by atoms with van der Waals surface area (Å²) in [4.78, 5) is 2.42. The predicted molar refractivity (Wildman–Crippen MR) is 159 cm³/mol. The van der Waals surface area contributed by atoms with Gasteiger partial charge < -0.3 is 4.90 Å². The van der Waals surface area contributed by atoms with Crippen LogP contribution in [0.25, 0.3) is 43.1 Å². The first-order chi connectivity index (χ1) is 17.8. The maximum atomic E-state index is 4.07. The Morgan fingerprint density at radius 2 is 0.861 bits per heavy atom. The van der Waals surface area contributed by atoms with Crippen molar-refractivity contribution in [3.05, 3.63) is 138 Å². The molecule has 7 rings (SSSR count). The minimum Gasteiger partial charge on any atom is -0.309 e. The van der Waals surface area contributed by atoms with Crippen LogP contribution in [0.2, 0.25) is 0 Å². The van der Waals surface area contributed by atoms with E-state index in [9.17, 15) is 0 Å². The van der Waals surface area contributed by atoms with Gasteiger partial charge in [0.05, 0.1) is 5.69 Å². The van der Waals surface area contributed by atoms with E-state index < -0.39 is 0 Å². The molecule has 0 saturated heterocycles. The van der Waals surface area contributed by atoms with E-state index in [0.29, 0.717) is 0 Å². The molecule has 0 spiro atoms. The summed E-state index contributed by atoms with van der Waals surface area (Å²) in [5.74, 6) is 0. The van der Waals surface area contributed by atoms with Crippen molar-refractivity contribution in [2.75, 3.05) is 4.90 Å². The summed E-state index contributed by atoms with van der Waals surface area (Å²) in [6.45, 7) is 0. The lowest BCUT2D eigenvalue weighted by Gasteiger charge is -2.29. The molecular formula is C34H22BrN. The molecule has 0 N–H and O–H groups in total. The van der Waals surface area contributed by atoms with E-state index in [4.69, 9.17) is 0 Å². The molecule has 170 valence electrons. The first kappa shape index (κ1) is 21.2. The zero-order chi connectivity index (χ0) is 24.1. The number of hydrogen-bond acceptors (Lipinski definition) is 1. The van der Waals surface area contributed by atoms with E-state index in [1.165, 1.54) is 48.8 Å². The molecule has 0 radical (unpaired) electrons. The van der Waals surface area contributed by atoms with Crippen molar-refractivity contribution < 1.29 is 0 Å². The van der Waals surface area contributed by atoms with Crippen molar-refractivity contribution in [1.82, 2.24) is 0 Å². The molecule has 7 aromatic carbocycles. The van der Waals surface area contributed by atoms with Crippen LogP contribution in [0.15, 0.2) is 138 Å². The van der Waals surface area contributed by atoms with Gasteiger partial charge in [-0.3, -0.25) is 0 Å². The Morgan fingerprint density at radius 3 is 1.44 bits per heavy atom. The molecule has 0 amide bonds. The smallest absolute Gasteiger partial charge is 0.0625 e. The molecule has 0 aliphatic rings. The Labute approximate surface area is 218 Å². The summed E-state index contributed by atoms with van der Waals surface area (Å²) >= 11 is 4.07. The highest BCUT2D eigenvalue weighted by atomic mass is 79.9. The summed E-state index contributed by atoms with van der Waals surface area (Å²) in [5.41, 5.74) is 3.47. The van der Waals surface area contributed by atoms with Gasteiger partial charge in [0.1, 0.15) is 0 Å². The number of para-hydroxylation sites is 2. The van der Waals surface area contributed by atoms with Gasteiger partial charge >= 0.3 is 0 Å². The largest absolute Gasteiger partial charge is 0.309 e. The van der Waals surface area contributed by atoms with Crippen molar-refractivity contribution in [1.29, 1.82) is 0 Å². The van der Waals surface area contributed by atoms with Gasteiger partial charge in [-0.1, -0.05) is 109 Å². The highest BCUT2D eigenvalue weighted by molar-refractivity contribution is 9.10. The fourth-order valence-electron chi connectivity index (χ4n) is 5.48. The van der Waals surface area contributed by atoms with Gasteiger partial charge in [0, 0.05) is 32.0 Å². The third-order valence-corrected chi connectivity index (χ3v) is 7.88. The molecule has 0 heterocycles. The van der Waals surface area contributed by atoms with Crippen LogP contribution < -0.4 is 4.90 Å². The fraction of sp³-hybridized carbons (Fsp3) is 0. The van der Waals surface area contributed by atoms with Crippen LogP contribution in [0, 0.1) is 0 Å². The summed E-state index contributed by atoms with van der Waals surface area (Å²) in [6.07, 6.45) is 0. The second kappa shape index (κ2) is 8.51. The number of benzene rings is 7. The Bertz CT molecular complexity index is 1850. The van der Waals surface area contributed by atoms with Gasteiger partial charge in [0.2, 0.25) is 0 Å². The minimum absolute atomic E-state index is 1.13. The molecule has 1 nitrogen and oxygen atoms in total. The average molecular weight is 524 g/mol. The molecule has 36 heavy (non-hydrogen) atoms. The van der Waals surface area contributed by atoms with Crippen LogP contribution >= 0.6 is 15.9 Å². The van der Waals surface area contributed by atoms with Crippen LogP contribution in [0.5, 0.6) is 0 Å². The lowest BCUT2D eigenvalue weighted by molar-refractivity contribution is 1.31. The van der Waals surface area contributed by atoms with Crippen LogP contribution in [0.3, 0.4) is 0 Å². The van der Waals surface area contributed by atoms with Crippen LogP contribution in [0.1, 0.15) is 0 Å². The third-order valence-electron chi connectivity index (χ3n) is 7.06. The summed E-state index contributed by atoms with van der Waals surface area (Å²) in [7, 11) is 0. The SMILES string of the molecule is Brc1c2ccc3ccccc3c2c(N(c2ccccc2)c2ccccc2)c2ccc3ccccc3c12. The predicted octanol–water partition coefficient (Wildman–Crippen LogP) is 10.5. The number of halogens is 1. The second-order valence-electron chi connectivity index (χ2n) is 9.09. The summed E-state index contributed by atoms with van der Waals surface area (Å²) in [5, 5.41) is 9.89. The van der Waals surface area contributed by atoms with E-state index in [1.807, 2.05) is 0 Å². The fourth-order valence-corrected chi connectivity index (χ4v) is 6.24. The normalized spacial score (nSPS) is 11.5. The first-order valence-corrected chi connectivity index (χ1v) is 13.0. The van der Waals surface area contributed by atoms with Gasteiger partial charge in [-0.25, -0.2) is 0 Å². The van der Waals surface area contributed by atoms with Crippen molar-refractivity contribution in [2.24, 2.45) is 0 Å². The Balaban J connectivity index is 1.77. The van der Waals surface area contributed by atoms with Gasteiger partial charge in [0.25, 0.3) is 0 Å². The van der Waals surface area contributed by atoms with Crippen LogP contribution in [-0.2, 0) is 0 Å².